The SMILES string of the molecule is COC1=C(N)CCC=C1. The van der Waals surface area contributed by atoms with Crippen LogP contribution in [0, 0.1) is 0 Å². The number of hydrogen-bond donors (Lipinski definition) is 1. The van der Waals surface area contributed by atoms with Crippen molar-refractivity contribution in [2.75, 3.05) is 7.11 Å². The molecule has 0 aliphatic heterocycles. The Labute approximate surface area is 55.0 Å². The monoisotopic (exact) mass is 125 g/mol. The van der Waals surface area contributed by atoms with Gasteiger partial charge < -0.3 is 10.5 Å². The zero-order chi connectivity index (χ0) is 6.69. The Kier molecular flexibility index (Phi) is 1.78. The summed E-state index contributed by atoms with van der Waals surface area (Å²) in [6, 6.07) is 0. The number of nitrogens with two attached hydrogens (primary N) is 1. The number of rotatable bonds is 1. The van der Waals surface area contributed by atoms with Crippen LogP contribution in [0.5, 0.6) is 0 Å². The van der Waals surface area contributed by atoms with Gasteiger partial charge in [-0.2, -0.15) is 0 Å². The van der Waals surface area contributed by atoms with Gasteiger partial charge in [-0.15, -0.1) is 0 Å². The van der Waals surface area contributed by atoms with Crippen LogP contribution >= 0.6 is 0 Å². The molecule has 0 saturated heterocycles. The quantitative estimate of drug-likeness (QED) is 0.570. The van der Waals surface area contributed by atoms with Crippen molar-refractivity contribution < 1.29 is 4.74 Å². The first-order chi connectivity index (χ1) is 4.34. The lowest BCUT2D eigenvalue weighted by Gasteiger charge is -2.09. The fourth-order valence-corrected chi connectivity index (χ4v) is 0.859. The average Bonchev–Trinajstić information content (AvgIpc) is 1.89. The van der Waals surface area contributed by atoms with Crippen LogP contribution in [-0.4, -0.2) is 7.11 Å². The number of methoxy groups -OCH3 is 1. The molecule has 0 atom stereocenters. The summed E-state index contributed by atoms with van der Waals surface area (Å²) in [7, 11) is 1.64. The van der Waals surface area contributed by atoms with Gasteiger partial charge in [-0.25, -0.2) is 0 Å². The third-order valence-corrected chi connectivity index (χ3v) is 1.39. The molecule has 2 nitrogen and oxygen atoms in total. The number of hydrogen-bond acceptors (Lipinski definition) is 2. The van der Waals surface area contributed by atoms with Crippen LogP contribution in [0.25, 0.3) is 0 Å². The molecule has 0 bridgehead atoms. The maximum Gasteiger partial charge on any atom is 0.137 e. The van der Waals surface area contributed by atoms with Crippen molar-refractivity contribution in [1.82, 2.24) is 0 Å². The molecule has 0 amide bonds. The molecule has 2 heteroatoms. The Hall–Kier alpha value is -0.920. The van der Waals surface area contributed by atoms with E-state index in [0.717, 1.165) is 24.3 Å². The third-order valence-electron chi connectivity index (χ3n) is 1.39. The van der Waals surface area contributed by atoms with Crippen molar-refractivity contribution in [2.24, 2.45) is 5.73 Å². The molecule has 0 heterocycles. The van der Waals surface area contributed by atoms with Crippen LogP contribution in [0.2, 0.25) is 0 Å². The highest BCUT2D eigenvalue weighted by Gasteiger charge is 2.02. The first kappa shape index (κ1) is 6.20. The lowest BCUT2D eigenvalue weighted by Crippen LogP contribution is -2.05. The molecule has 1 rings (SSSR count). The van der Waals surface area contributed by atoms with Gasteiger partial charge in [0, 0.05) is 0 Å². The van der Waals surface area contributed by atoms with Gasteiger partial charge in [0.1, 0.15) is 5.76 Å². The van der Waals surface area contributed by atoms with Crippen LogP contribution in [0.3, 0.4) is 0 Å². The average molecular weight is 125 g/mol. The van der Waals surface area contributed by atoms with Gasteiger partial charge in [-0.1, -0.05) is 6.08 Å². The minimum absolute atomic E-state index is 0.821. The van der Waals surface area contributed by atoms with Gasteiger partial charge in [0.15, 0.2) is 0 Å². The van der Waals surface area contributed by atoms with Crippen molar-refractivity contribution in [3.8, 4) is 0 Å². The highest BCUT2D eigenvalue weighted by molar-refractivity contribution is 5.21. The first-order valence-electron chi connectivity index (χ1n) is 3.03. The summed E-state index contributed by atoms with van der Waals surface area (Å²) < 4.78 is 4.97. The van der Waals surface area contributed by atoms with Gasteiger partial charge in [-0.05, 0) is 18.9 Å². The zero-order valence-corrected chi connectivity index (χ0v) is 5.55. The third kappa shape index (κ3) is 1.25. The van der Waals surface area contributed by atoms with Gasteiger partial charge in [0.05, 0.1) is 12.8 Å². The maximum atomic E-state index is 5.59. The fraction of sp³-hybridized carbons (Fsp3) is 0.429. The Morgan fingerprint density at radius 3 is 2.89 bits per heavy atom. The van der Waals surface area contributed by atoms with E-state index in [4.69, 9.17) is 10.5 Å². The van der Waals surface area contributed by atoms with Gasteiger partial charge >= 0.3 is 0 Å². The Balaban J connectivity index is 2.72. The predicted molar refractivity (Wildman–Crippen MR) is 36.6 cm³/mol. The van der Waals surface area contributed by atoms with E-state index in [0.29, 0.717) is 0 Å². The summed E-state index contributed by atoms with van der Waals surface area (Å²) in [5.74, 6) is 0.821. The fourth-order valence-electron chi connectivity index (χ4n) is 0.859. The smallest absolute Gasteiger partial charge is 0.137 e. The summed E-state index contributed by atoms with van der Waals surface area (Å²) in [6.07, 6.45) is 5.95. The topological polar surface area (TPSA) is 35.2 Å². The summed E-state index contributed by atoms with van der Waals surface area (Å²) in [6.45, 7) is 0. The second-order valence-corrected chi connectivity index (χ2v) is 2.03. The zero-order valence-electron chi connectivity index (χ0n) is 5.55. The molecule has 0 radical (unpaired) electrons. The van der Waals surface area contributed by atoms with E-state index < -0.39 is 0 Å². The molecule has 50 valence electrons. The van der Waals surface area contributed by atoms with Crippen molar-refractivity contribution in [3.63, 3.8) is 0 Å². The van der Waals surface area contributed by atoms with Crippen molar-refractivity contribution in [2.45, 2.75) is 12.8 Å². The normalized spacial score (nSPS) is 18.3. The molecular formula is C7H11NO. The van der Waals surface area contributed by atoms with Crippen LogP contribution in [-0.2, 0) is 4.74 Å². The lowest BCUT2D eigenvalue weighted by molar-refractivity contribution is 0.298. The second kappa shape index (κ2) is 2.58. The largest absolute Gasteiger partial charge is 0.495 e. The van der Waals surface area contributed by atoms with Gasteiger partial charge in [0.2, 0.25) is 0 Å². The molecule has 2 N–H and O–H groups in total. The first-order valence-corrected chi connectivity index (χ1v) is 3.03. The van der Waals surface area contributed by atoms with E-state index in [1.165, 1.54) is 0 Å². The van der Waals surface area contributed by atoms with E-state index in [1.807, 2.05) is 6.08 Å². The van der Waals surface area contributed by atoms with Gasteiger partial charge in [-0.3, -0.25) is 0 Å². The van der Waals surface area contributed by atoms with Crippen LogP contribution in [0.15, 0.2) is 23.6 Å². The molecular weight excluding hydrogens is 114 g/mol. The Morgan fingerprint density at radius 2 is 2.44 bits per heavy atom. The molecule has 0 spiro atoms. The number of allylic oxidation sites excluding steroid dienone is 3. The van der Waals surface area contributed by atoms with Crippen LogP contribution in [0.4, 0.5) is 0 Å². The summed E-state index contributed by atoms with van der Waals surface area (Å²) in [5, 5.41) is 0. The lowest BCUT2D eigenvalue weighted by atomic mass is 10.1. The van der Waals surface area contributed by atoms with E-state index in [9.17, 15) is 0 Å². The number of ether oxygens (including phenoxy) is 1. The summed E-state index contributed by atoms with van der Waals surface area (Å²) in [5.41, 5.74) is 6.45. The van der Waals surface area contributed by atoms with E-state index in [1.54, 1.807) is 7.11 Å². The van der Waals surface area contributed by atoms with Crippen molar-refractivity contribution in [3.05, 3.63) is 23.6 Å². The Morgan fingerprint density at radius 1 is 1.67 bits per heavy atom. The van der Waals surface area contributed by atoms with Gasteiger partial charge in [0.25, 0.3) is 0 Å². The standard InChI is InChI=1S/C7H11NO/c1-9-7-5-3-2-4-6(7)8/h3,5H,2,4,8H2,1H3. The molecule has 1 aliphatic rings. The van der Waals surface area contributed by atoms with Crippen molar-refractivity contribution >= 4 is 0 Å². The van der Waals surface area contributed by atoms with E-state index >= 15 is 0 Å². The summed E-state index contributed by atoms with van der Waals surface area (Å²) in [4.78, 5) is 0. The van der Waals surface area contributed by atoms with E-state index in [2.05, 4.69) is 6.08 Å². The van der Waals surface area contributed by atoms with Crippen LogP contribution in [0.1, 0.15) is 12.8 Å². The predicted octanol–water partition coefficient (Wildman–Crippen LogP) is 1.15. The minimum Gasteiger partial charge on any atom is -0.495 e. The van der Waals surface area contributed by atoms with E-state index in [-0.39, 0.29) is 0 Å². The maximum absolute atomic E-state index is 5.59. The second-order valence-electron chi connectivity index (χ2n) is 2.03. The molecule has 0 aromatic carbocycles. The molecule has 0 saturated carbocycles. The summed E-state index contributed by atoms with van der Waals surface area (Å²) >= 11 is 0. The molecule has 9 heavy (non-hydrogen) atoms. The van der Waals surface area contributed by atoms with Crippen molar-refractivity contribution in [1.29, 1.82) is 0 Å². The highest BCUT2D eigenvalue weighted by Crippen LogP contribution is 2.13. The van der Waals surface area contributed by atoms with Crippen LogP contribution < -0.4 is 5.73 Å². The minimum atomic E-state index is 0.821. The Bertz CT molecular complexity index is 158. The molecule has 1 aliphatic carbocycles. The molecule has 0 aromatic rings. The molecule has 0 fully saturated rings. The molecule has 0 aromatic heterocycles. The highest BCUT2D eigenvalue weighted by atomic mass is 16.5. The molecule has 0 unspecified atom stereocenters.